The van der Waals surface area contributed by atoms with Gasteiger partial charge in [0.05, 0.1) is 7.11 Å². The molecular weight excluding hydrogens is 288 g/mol. The number of rotatable bonds is 5. The molecule has 4 heteroatoms. The Labute approximate surface area is 137 Å². The number of urea groups is 1. The molecule has 2 amide bonds. The molecule has 2 aromatic carbocycles. The van der Waals surface area contributed by atoms with Crippen LogP contribution in [0, 0.1) is 0 Å². The molecule has 0 bridgehead atoms. The summed E-state index contributed by atoms with van der Waals surface area (Å²) in [7, 11) is 1.70. The Kier molecular flexibility index (Phi) is 4.70. The normalized spacial score (nSPS) is 16.2. The van der Waals surface area contributed by atoms with E-state index in [4.69, 9.17) is 4.74 Å². The number of hydrogen-bond donors (Lipinski definition) is 2. The Morgan fingerprint density at radius 1 is 1.26 bits per heavy atom. The molecule has 0 spiro atoms. The van der Waals surface area contributed by atoms with Crippen molar-refractivity contribution in [2.24, 2.45) is 0 Å². The monoisotopic (exact) mass is 312 g/mol. The second-order valence-corrected chi connectivity index (χ2v) is 6.10. The van der Waals surface area contributed by atoms with Crippen LogP contribution in [0.4, 0.5) is 4.79 Å². The van der Waals surface area contributed by atoms with E-state index in [1.807, 2.05) is 13.0 Å². The van der Waals surface area contributed by atoms with Gasteiger partial charge in [0.15, 0.2) is 0 Å². The summed E-state index contributed by atoms with van der Waals surface area (Å²) in [5.74, 6) is 1.25. The highest BCUT2D eigenvalue weighted by molar-refractivity contribution is 5.89. The molecule has 0 radical (unpaired) electrons. The van der Waals surface area contributed by atoms with Crippen molar-refractivity contribution in [3.05, 3.63) is 41.5 Å². The third kappa shape index (κ3) is 3.26. The summed E-state index contributed by atoms with van der Waals surface area (Å²) in [6.07, 6.45) is 3.11. The number of hydrogen-bond acceptors (Lipinski definition) is 2. The predicted octanol–water partition coefficient (Wildman–Crippen LogP) is 3.59. The van der Waals surface area contributed by atoms with Gasteiger partial charge in [-0.05, 0) is 53.3 Å². The first-order valence-electron chi connectivity index (χ1n) is 8.34. The lowest BCUT2D eigenvalue weighted by Gasteiger charge is -2.16. The summed E-state index contributed by atoms with van der Waals surface area (Å²) in [5, 5.41) is 8.36. The lowest BCUT2D eigenvalue weighted by Crippen LogP contribution is -2.37. The molecular formula is C19H24N2O2. The van der Waals surface area contributed by atoms with Gasteiger partial charge in [0, 0.05) is 19.0 Å². The zero-order chi connectivity index (χ0) is 16.2. The quantitative estimate of drug-likeness (QED) is 0.886. The first kappa shape index (κ1) is 15.7. The average molecular weight is 312 g/mol. The number of fused-ring (bicyclic) bond motifs is 3. The van der Waals surface area contributed by atoms with Crippen LogP contribution >= 0.6 is 0 Å². The van der Waals surface area contributed by atoms with Gasteiger partial charge in [-0.25, -0.2) is 4.79 Å². The van der Waals surface area contributed by atoms with E-state index < -0.39 is 0 Å². The predicted molar refractivity (Wildman–Crippen MR) is 93.3 cm³/mol. The summed E-state index contributed by atoms with van der Waals surface area (Å²) < 4.78 is 5.38. The molecule has 0 aromatic heterocycles. The van der Waals surface area contributed by atoms with E-state index in [-0.39, 0.29) is 6.03 Å². The molecule has 0 saturated carbocycles. The fraction of sp³-hybridized carbons (Fsp3) is 0.421. The molecule has 3 rings (SSSR count). The molecule has 0 aliphatic heterocycles. The SMILES string of the molecule is CCCNC(=O)NCC1CCc2ccc3ccc(OC)cc3c21. The highest BCUT2D eigenvalue weighted by Crippen LogP contribution is 2.39. The third-order valence-electron chi connectivity index (χ3n) is 4.58. The summed E-state index contributed by atoms with van der Waals surface area (Å²) in [5.41, 5.74) is 2.77. The lowest BCUT2D eigenvalue weighted by molar-refractivity contribution is 0.240. The number of benzene rings is 2. The standard InChI is InChI=1S/C19H24N2O2/c1-3-10-20-19(22)21-12-15-7-6-14-5-4-13-8-9-16(23-2)11-17(13)18(14)15/h4-5,8-9,11,15H,3,6-7,10,12H2,1-2H3,(H2,20,21,22). The van der Waals surface area contributed by atoms with Gasteiger partial charge in [-0.3, -0.25) is 0 Å². The largest absolute Gasteiger partial charge is 0.497 e. The van der Waals surface area contributed by atoms with Gasteiger partial charge in [0.25, 0.3) is 0 Å². The molecule has 1 aliphatic rings. The molecule has 0 heterocycles. The van der Waals surface area contributed by atoms with Crippen molar-refractivity contribution in [3.8, 4) is 5.75 Å². The minimum absolute atomic E-state index is 0.0712. The maximum atomic E-state index is 11.8. The van der Waals surface area contributed by atoms with Crippen molar-refractivity contribution in [1.29, 1.82) is 0 Å². The van der Waals surface area contributed by atoms with Crippen molar-refractivity contribution in [2.75, 3.05) is 20.2 Å². The summed E-state index contributed by atoms with van der Waals surface area (Å²) in [6, 6.07) is 10.5. The Morgan fingerprint density at radius 2 is 2.09 bits per heavy atom. The van der Waals surface area contributed by atoms with Gasteiger partial charge in [-0.1, -0.05) is 25.1 Å². The van der Waals surface area contributed by atoms with E-state index in [0.717, 1.165) is 25.0 Å². The van der Waals surface area contributed by atoms with Crippen LogP contribution < -0.4 is 15.4 Å². The van der Waals surface area contributed by atoms with E-state index in [1.54, 1.807) is 7.11 Å². The molecule has 2 N–H and O–H groups in total. The first-order chi connectivity index (χ1) is 11.2. The van der Waals surface area contributed by atoms with E-state index >= 15 is 0 Å². The Hall–Kier alpha value is -2.23. The fourth-order valence-corrected chi connectivity index (χ4v) is 3.39. The minimum atomic E-state index is -0.0712. The minimum Gasteiger partial charge on any atom is -0.497 e. The summed E-state index contributed by atoms with van der Waals surface area (Å²) in [6.45, 7) is 3.44. The molecule has 1 atom stereocenters. The van der Waals surface area contributed by atoms with Crippen LogP contribution in [0.25, 0.3) is 10.8 Å². The van der Waals surface area contributed by atoms with Crippen molar-refractivity contribution >= 4 is 16.8 Å². The van der Waals surface area contributed by atoms with Crippen LogP contribution in [-0.2, 0) is 6.42 Å². The number of carbonyl (C=O) groups excluding carboxylic acids is 1. The lowest BCUT2D eigenvalue weighted by atomic mass is 9.94. The highest BCUT2D eigenvalue weighted by atomic mass is 16.5. The van der Waals surface area contributed by atoms with E-state index in [0.29, 0.717) is 19.0 Å². The summed E-state index contributed by atoms with van der Waals surface area (Å²) in [4.78, 5) is 11.8. The molecule has 2 aromatic rings. The molecule has 1 aliphatic carbocycles. The topological polar surface area (TPSA) is 50.4 Å². The van der Waals surface area contributed by atoms with E-state index in [9.17, 15) is 4.79 Å². The molecule has 1 unspecified atom stereocenters. The van der Waals surface area contributed by atoms with Crippen molar-refractivity contribution in [2.45, 2.75) is 32.1 Å². The maximum absolute atomic E-state index is 11.8. The average Bonchev–Trinajstić information content (AvgIpc) is 3.01. The van der Waals surface area contributed by atoms with Gasteiger partial charge in [0.1, 0.15) is 5.75 Å². The Balaban J connectivity index is 1.83. The zero-order valence-electron chi connectivity index (χ0n) is 13.8. The smallest absolute Gasteiger partial charge is 0.314 e. The van der Waals surface area contributed by atoms with Crippen molar-refractivity contribution in [1.82, 2.24) is 10.6 Å². The number of aryl methyl sites for hydroxylation is 1. The second kappa shape index (κ2) is 6.90. The van der Waals surface area contributed by atoms with E-state index in [1.165, 1.54) is 21.9 Å². The Morgan fingerprint density at radius 3 is 2.87 bits per heavy atom. The van der Waals surface area contributed by atoms with Gasteiger partial charge in [0.2, 0.25) is 0 Å². The molecule has 0 saturated heterocycles. The van der Waals surface area contributed by atoms with Crippen LogP contribution in [0.1, 0.15) is 36.8 Å². The van der Waals surface area contributed by atoms with E-state index in [2.05, 4.69) is 34.9 Å². The van der Waals surface area contributed by atoms with Crippen LogP contribution in [0.3, 0.4) is 0 Å². The third-order valence-corrected chi connectivity index (χ3v) is 4.58. The van der Waals surface area contributed by atoms with Crippen LogP contribution in [-0.4, -0.2) is 26.2 Å². The number of ether oxygens (including phenoxy) is 1. The second-order valence-electron chi connectivity index (χ2n) is 6.10. The van der Waals surface area contributed by atoms with Crippen molar-refractivity contribution < 1.29 is 9.53 Å². The molecule has 122 valence electrons. The van der Waals surface area contributed by atoms with Gasteiger partial charge in [-0.15, -0.1) is 0 Å². The fourth-order valence-electron chi connectivity index (χ4n) is 3.39. The van der Waals surface area contributed by atoms with Crippen LogP contribution in [0.2, 0.25) is 0 Å². The highest BCUT2D eigenvalue weighted by Gasteiger charge is 2.25. The van der Waals surface area contributed by atoms with Crippen molar-refractivity contribution in [3.63, 3.8) is 0 Å². The first-order valence-corrected chi connectivity index (χ1v) is 8.34. The molecule has 0 fully saturated rings. The molecule has 23 heavy (non-hydrogen) atoms. The van der Waals surface area contributed by atoms with Crippen LogP contribution in [0.5, 0.6) is 5.75 Å². The van der Waals surface area contributed by atoms with Crippen LogP contribution in [0.15, 0.2) is 30.3 Å². The zero-order valence-corrected chi connectivity index (χ0v) is 13.8. The summed E-state index contributed by atoms with van der Waals surface area (Å²) >= 11 is 0. The van der Waals surface area contributed by atoms with Gasteiger partial charge in [-0.2, -0.15) is 0 Å². The maximum Gasteiger partial charge on any atom is 0.314 e. The van der Waals surface area contributed by atoms with Gasteiger partial charge >= 0.3 is 6.03 Å². The number of nitrogens with one attached hydrogen (secondary N) is 2. The van der Waals surface area contributed by atoms with Gasteiger partial charge < -0.3 is 15.4 Å². The number of amides is 2. The number of methoxy groups -OCH3 is 1. The molecule has 4 nitrogen and oxygen atoms in total. The number of carbonyl (C=O) groups is 1. The Bertz CT molecular complexity index is 712.